The van der Waals surface area contributed by atoms with Crippen molar-refractivity contribution in [2.45, 2.75) is 0 Å². The molecule has 0 fully saturated rings. The Kier molecular flexibility index (Phi) is 7.21. The summed E-state index contributed by atoms with van der Waals surface area (Å²) in [4.78, 5) is 23.4. The first-order valence-corrected chi connectivity index (χ1v) is 4.55. The molecule has 0 unspecified atom stereocenters. The van der Waals surface area contributed by atoms with Gasteiger partial charge in [-0.15, -0.1) is 0 Å². The maximum Gasteiger partial charge on any atom is 0.243 e. The number of carbonyl (C=O) groups is 2. The quantitative estimate of drug-likeness (QED) is 0.434. The Morgan fingerprint density at radius 1 is 1.27 bits per heavy atom. The van der Waals surface area contributed by atoms with Gasteiger partial charge in [0.15, 0.2) is 0 Å². The van der Waals surface area contributed by atoms with Gasteiger partial charge in [-0.25, -0.2) is 0 Å². The molecule has 6 heteroatoms. The summed E-state index contributed by atoms with van der Waals surface area (Å²) in [7, 11) is 0. The van der Waals surface area contributed by atoms with Crippen molar-refractivity contribution in [3.8, 4) is 0 Å². The van der Waals surface area contributed by atoms with Gasteiger partial charge in [-0.2, -0.15) is 0 Å². The summed E-state index contributed by atoms with van der Waals surface area (Å²) in [5, 5.41) is 19.6. The highest BCUT2D eigenvalue weighted by atomic mass is 16.3. The zero-order chi connectivity index (χ0) is 11.7. The molecular formula is C9H16N2O4. The second kappa shape index (κ2) is 7.95. The van der Waals surface area contributed by atoms with Crippen LogP contribution in [-0.2, 0) is 9.59 Å². The van der Waals surface area contributed by atoms with E-state index in [2.05, 4.69) is 11.9 Å². The Labute approximate surface area is 88.2 Å². The van der Waals surface area contributed by atoms with E-state index in [1.54, 1.807) is 0 Å². The average Bonchev–Trinajstić information content (AvgIpc) is 2.25. The highest BCUT2D eigenvalue weighted by Crippen LogP contribution is 1.88. The van der Waals surface area contributed by atoms with Crippen LogP contribution in [0.15, 0.2) is 12.7 Å². The van der Waals surface area contributed by atoms with Gasteiger partial charge in [-0.3, -0.25) is 9.59 Å². The Bertz CT molecular complexity index is 224. The molecule has 0 radical (unpaired) electrons. The summed E-state index contributed by atoms with van der Waals surface area (Å²) in [6.45, 7) is 3.00. The van der Waals surface area contributed by atoms with Crippen LogP contribution < -0.4 is 5.32 Å². The fourth-order valence-corrected chi connectivity index (χ4v) is 0.949. The summed E-state index contributed by atoms with van der Waals surface area (Å²) in [5.41, 5.74) is 0. The first-order chi connectivity index (χ1) is 7.15. The Morgan fingerprint density at radius 3 is 2.20 bits per heavy atom. The van der Waals surface area contributed by atoms with Crippen LogP contribution in [0.1, 0.15) is 0 Å². The Hall–Kier alpha value is -1.40. The lowest BCUT2D eigenvalue weighted by atomic mass is 10.4. The van der Waals surface area contributed by atoms with Crippen molar-refractivity contribution in [1.82, 2.24) is 10.2 Å². The average molecular weight is 216 g/mol. The van der Waals surface area contributed by atoms with Crippen LogP contribution in [0, 0.1) is 0 Å². The maximum atomic E-state index is 11.4. The van der Waals surface area contributed by atoms with Crippen molar-refractivity contribution in [3.05, 3.63) is 12.7 Å². The lowest BCUT2D eigenvalue weighted by Gasteiger charge is -2.20. The predicted molar refractivity (Wildman–Crippen MR) is 54.0 cm³/mol. The van der Waals surface area contributed by atoms with Crippen LogP contribution >= 0.6 is 0 Å². The molecular weight excluding hydrogens is 200 g/mol. The second-order valence-corrected chi connectivity index (χ2v) is 2.75. The van der Waals surface area contributed by atoms with Crippen LogP contribution in [0.2, 0.25) is 0 Å². The molecule has 6 nitrogen and oxygen atoms in total. The molecule has 0 aliphatic carbocycles. The fourth-order valence-electron chi connectivity index (χ4n) is 0.949. The third-order valence-electron chi connectivity index (χ3n) is 1.69. The van der Waals surface area contributed by atoms with Gasteiger partial charge in [-0.1, -0.05) is 6.58 Å². The largest absolute Gasteiger partial charge is 0.395 e. The van der Waals surface area contributed by atoms with E-state index in [1.807, 2.05) is 0 Å². The van der Waals surface area contributed by atoms with Gasteiger partial charge in [0, 0.05) is 13.1 Å². The molecule has 0 rings (SSSR count). The number of rotatable bonds is 7. The van der Waals surface area contributed by atoms with E-state index in [0.29, 0.717) is 0 Å². The van der Waals surface area contributed by atoms with Gasteiger partial charge in [0.1, 0.15) is 0 Å². The Morgan fingerprint density at radius 2 is 1.80 bits per heavy atom. The number of nitrogens with zero attached hydrogens (tertiary/aromatic N) is 1. The topological polar surface area (TPSA) is 89.9 Å². The number of hydrogen-bond donors (Lipinski definition) is 3. The number of nitrogens with one attached hydrogen (secondary N) is 1. The summed E-state index contributed by atoms with van der Waals surface area (Å²) in [5.74, 6) is -0.787. The zero-order valence-electron chi connectivity index (χ0n) is 8.48. The molecule has 0 saturated heterocycles. The molecule has 15 heavy (non-hydrogen) atoms. The molecule has 86 valence electrons. The number of aliphatic hydroxyl groups is 2. The van der Waals surface area contributed by atoms with Crippen LogP contribution in [0.25, 0.3) is 0 Å². The monoisotopic (exact) mass is 216 g/mol. The predicted octanol–water partition coefficient (Wildman–Crippen LogP) is -1.90. The summed E-state index contributed by atoms with van der Waals surface area (Å²) >= 11 is 0. The van der Waals surface area contributed by atoms with E-state index in [0.717, 1.165) is 6.08 Å². The van der Waals surface area contributed by atoms with E-state index in [4.69, 9.17) is 10.2 Å². The molecule has 0 aromatic heterocycles. The number of hydrogen-bond acceptors (Lipinski definition) is 4. The number of aliphatic hydroxyl groups excluding tert-OH is 2. The number of carbonyl (C=O) groups excluding carboxylic acids is 2. The molecule has 0 aliphatic heterocycles. The third kappa shape index (κ3) is 5.82. The minimum atomic E-state index is -0.434. The van der Waals surface area contributed by atoms with E-state index in [9.17, 15) is 9.59 Å². The molecule has 0 bridgehead atoms. The van der Waals surface area contributed by atoms with Gasteiger partial charge in [-0.05, 0) is 6.08 Å². The lowest BCUT2D eigenvalue weighted by Crippen LogP contribution is -2.42. The highest BCUT2D eigenvalue weighted by Gasteiger charge is 2.12. The zero-order valence-corrected chi connectivity index (χ0v) is 8.48. The van der Waals surface area contributed by atoms with Gasteiger partial charge in [0.05, 0.1) is 19.8 Å². The van der Waals surface area contributed by atoms with E-state index in [-0.39, 0.29) is 38.8 Å². The smallest absolute Gasteiger partial charge is 0.243 e. The van der Waals surface area contributed by atoms with Crippen molar-refractivity contribution in [2.75, 3.05) is 32.8 Å². The molecule has 0 aliphatic rings. The third-order valence-corrected chi connectivity index (χ3v) is 1.69. The van der Waals surface area contributed by atoms with Crippen LogP contribution in [0.3, 0.4) is 0 Å². The first kappa shape index (κ1) is 13.6. The minimum absolute atomic E-state index is 0.142. The molecule has 0 aromatic rings. The van der Waals surface area contributed by atoms with E-state index >= 15 is 0 Å². The standard InChI is InChI=1S/C9H16N2O4/c1-2-8(14)10-7-9(15)11(3-5-12)4-6-13/h2,12-13H,1,3-7H2,(H,10,14). The van der Waals surface area contributed by atoms with Gasteiger partial charge in [0.2, 0.25) is 11.8 Å². The van der Waals surface area contributed by atoms with Crippen molar-refractivity contribution in [2.24, 2.45) is 0 Å². The highest BCUT2D eigenvalue weighted by molar-refractivity contribution is 5.90. The van der Waals surface area contributed by atoms with Crippen molar-refractivity contribution in [3.63, 3.8) is 0 Å². The van der Waals surface area contributed by atoms with Crippen molar-refractivity contribution < 1.29 is 19.8 Å². The molecule has 0 saturated carbocycles. The van der Waals surface area contributed by atoms with Crippen LogP contribution in [0.4, 0.5) is 0 Å². The van der Waals surface area contributed by atoms with Crippen molar-refractivity contribution in [1.29, 1.82) is 0 Å². The second-order valence-electron chi connectivity index (χ2n) is 2.75. The van der Waals surface area contributed by atoms with Gasteiger partial charge in [0.25, 0.3) is 0 Å². The normalized spacial score (nSPS) is 9.47. The molecule has 0 spiro atoms. The molecule has 0 heterocycles. The Balaban J connectivity index is 4.01. The SMILES string of the molecule is C=CC(=O)NCC(=O)N(CCO)CCO. The molecule has 3 N–H and O–H groups in total. The first-order valence-electron chi connectivity index (χ1n) is 4.55. The fraction of sp³-hybridized carbons (Fsp3) is 0.556. The summed E-state index contributed by atoms with van der Waals surface area (Å²) < 4.78 is 0. The summed E-state index contributed by atoms with van der Waals surface area (Å²) in [6, 6.07) is 0. The van der Waals surface area contributed by atoms with Gasteiger partial charge >= 0.3 is 0 Å². The van der Waals surface area contributed by atoms with Crippen LogP contribution in [0.5, 0.6) is 0 Å². The molecule has 0 aromatic carbocycles. The maximum absolute atomic E-state index is 11.4. The van der Waals surface area contributed by atoms with E-state index in [1.165, 1.54) is 4.90 Å². The van der Waals surface area contributed by atoms with Crippen LogP contribution in [-0.4, -0.2) is 59.8 Å². The molecule has 2 amide bonds. The van der Waals surface area contributed by atoms with E-state index < -0.39 is 5.91 Å². The molecule has 0 atom stereocenters. The van der Waals surface area contributed by atoms with Crippen molar-refractivity contribution >= 4 is 11.8 Å². The minimum Gasteiger partial charge on any atom is -0.395 e. The number of amides is 2. The van der Waals surface area contributed by atoms with Gasteiger partial charge < -0.3 is 20.4 Å². The summed E-state index contributed by atoms with van der Waals surface area (Å²) in [6.07, 6.45) is 1.07. The lowest BCUT2D eigenvalue weighted by molar-refractivity contribution is -0.132.